The first-order valence-electron chi connectivity index (χ1n) is 5.60. The predicted molar refractivity (Wildman–Crippen MR) is 61.6 cm³/mol. The van der Waals surface area contributed by atoms with E-state index >= 15 is 0 Å². The van der Waals surface area contributed by atoms with Crippen molar-refractivity contribution < 1.29 is 9.53 Å². The molecular weight excluding hydrogens is 192 g/mol. The fourth-order valence-corrected chi connectivity index (χ4v) is 1.33. The van der Waals surface area contributed by atoms with E-state index in [1.54, 1.807) is 7.11 Å². The van der Waals surface area contributed by atoms with Crippen LogP contribution < -0.4 is 11.1 Å². The molecule has 15 heavy (non-hydrogen) atoms. The second-order valence-electron chi connectivity index (χ2n) is 4.09. The Balaban J connectivity index is 3.51. The van der Waals surface area contributed by atoms with Crippen molar-refractivity contribution in [1.29, 1.82) is 0 Å². The molecule has 0 aliphatic rings. The van der Waals surface area contributed by atoms with Crippen LogP contribution in [0.15, 0.2) is 0 Å². The summed E-state index contributed by atoms with van der Waals surface area (Å²) in [5.74, 6) is 0.178. The first-order valence-corrected chi connectivity index (χ1v) is 5.60. The van der Waals surface area contributed by atoms with E-state index in [-0.39, 0.29) is 17.9 Å². The molecule has 3 N–H and O–H groups in total. The lowest BCUT2D eigenvalue weighted by molar-refractivity contribution is -0.124. The zero-order valence-corrected chi connectivity index (χ0v) is 10.1. The number of ether oxygens (including phenoxy) is 1. The summed E-state index contributed by atoms with van der Waals surface area (Å²) in [6.07, 6.45) is 2.90. The van der Waals surface area contributed by atoms with Crippen molar-refractivity contribution in [2.24, 2.45) is 11.7 Å². The number of carbonyl (C=O) groups is 1. The van der Waals surface area contributed by atoms with Crippen LogP contribution in [-0.2, 0) is 9.53 Å². The number of hydrogen-bond acceptors (Lipinski definition) is 3. The zero-order valence-electron chi connectivity index (χ0n) is 10.1. The van der Waals surface area contributed by atoms with E-state index in [1.807, 2.05) is 13.8 Å². The lowest BCUT2D eigenvalue weighted by Gasteiger charge is -2.12. The van der Waals surface area contributed by atoms with Crippen molar-refractivity contribution in [1.82, 2.24) is 5.32 Å². The quantitative estimate of drug-likeness (QED) is 0.593. The van der Waals surface area contributed by atoms with Crippen molar-refractivity contribution in [3.63, 3.8) is 0 Å². The van der Waals surface area contributed by atoms with Gasteiger partial charge in [0.25, 0.3) is 0 Å². The van der Waals surface area contributed by atoms with Crippen molar-refractivity contribution in [2.45, 2.75) is 39.2 Å². The first-order chi connectivity index (χ1) is 7.07. The molecule has 4 nitrogen and oxygen atoms in total. The average molecular weight is 216 g/mol. The Kier molecular flexibility index (Phi) is 8.33. The number of carbonyl (C=O) groups excluding carboxylic acids is 1. The van der Waals surface area contributed by atoms with Gasteiger partial charge >= 0.3 is 0 Å². The maximum absolute atomic E-state index is 11.5. The molecule has 0 aromatic heterocycles. The van der Waals surface area contributed by atoms with Crippen molar-refractivity contribution >= 4 is 5.91 Å². The molecule has 0 bridgehead atoms. The van der Waals surface area contributed by atoms with Gasteiger partial charge < -0.3 is 15.8 Å². The number of rotatable bonds is 8. The van der Waals surface area contributed by atoms with Crippen LogP contribution in [0.5, 0.6) is 0 Å². The summed E-state index contributed by atoms with van der Waals surface area (Å²) < 4.78 is 4.85. The fraction of sp³-hybridized carbons (Fsp3) is 0.909. The van der Waals surface area contributed by atoms with E-state index < -0.39 is 0 Å². The minimum atomic E-state index is 0.0700. The molecule has 0 spiro atoms. The van der Waals surface area contributed by atoms with Gasteiger partial charge in [-0.05, 0) is 19.8 Å². The zero-order chi connectivity index (χ0) is 11.7. The van der Waals surface area contributed by atoms with Crippen LogP contribution in [0.2, 0.25) is 0 Å². The molecule has 0 saturated carbocycles. The molecule has 2 atom stereocenters. The van der Waals surface area contributed by atoms with Gasteiger partial charge in [-0.15, -0.1) is 0 Å². The highest BCUT2D eigenvalue weighted by Gasteiger charge is 2.11. The molecule has 0 heterocycles. The Labute approximate surface area is 92.6 Å². The molecule has 0 saturated heterocycles. The minimum Gasteiger partial charge on any atom is -0.383 e. The van der Waals surface area contributed by atoms with E-state index in [0.717, 1.165) is 19.3 Å². The Bertz CT molecular complexity index is 172. The molecule has 0 rings (SSSR count). The van der Waals surface area contributed by atoms with Gasteiger partial charge in [0.2, 0.25) is 5.91 Å². The molecule has 4 heteroatoms. The normalized spacial score (nSPS) is 14.7. The second kappa shape index (κ2) is 8.68. The van der Waals surface area contributed by atoms with Gasteiger partial charge in [0.1, 0.15) is 0 Å². The van der Waals surface area contributed by atoms with E-state index in [0.29, 0.717) is 13.2 Å². The molecule has 0 fully saturated rings. The summed E-state index contributed by atoms with van der Waals surface area (Å²) in [6, 6.07) is 0.230. The SMILES string of the molecule is COCCNC(=O)C(C)CCCC(C)N. The van der Waals surface area contributed by atoms with Crippen LogP contribution in [-0.4, -0.2) is 32.2 Å². The van der Waals surface area contributed by atoms with Crippen molar-refractivity contribution in [2.75, 3.05) is 20.3 Å². The lowest BCUT2D eigenvalue weighted by Crippen LogP contribution is -2.31. The summed E-state index contributed by atoms with van der Waals surface area (Å²) in [6.45, 7) is 5.10. The maximum atomic E-state index is 11.5. The van der Waals surface area contributed by atoms with Crippen molar-refractivity contribution in [3.8, 4) is 0 Å². The minimum absolute atomic E-state index is 0.0700. The number of nitrogens with two attached hydrogens (primary N) is 1. The molecule has 0 aromatic rings. The van der Waals surface area contributed by atoms with Gasteiger partial charge in [0, 0.05) is 25.6 Å². The van der Waals surface area contributed by atoms with Crippen LogP contribution in [0.4, 0.5) is 0 Å². The maximum Gasteiger partial charge on any atom is 0.222 e. The van der Waals surface area contributed by atoms with Crippen molar-refractivity contribution in [3.05, 3.63) is 0 Å². The van der Waals surface area contributed by atoms with Gasteiger partial charge in [-0.25, -0.2) is 0 Å². The Morgan fingerprint density at radius 2 is 2.07 bits per heavy atom. The number of nitrogens with one attached hydrogen (secondary N) is 1. The van der Waals surface area contributed by atoms with Gasteiger partial charge in [-0.1, -0.05) is 13.3 Å². The standard InChI is InChI=1S/C11H24N2O2/c1-9(5-4-6-10(2)12)11(14)13-7-8-15-3/h9-10H,4-8,12H2,1-3H3,(H,13,14). The van der Waals surface area contributed by atoms with E-state index in [1.165, 1.54) is 0 Å². The summed E-state index contributed by atoms with van der Waals surface area (Å²) in [5.41, 5.74) is 5.64. The highest BCUT2D eigenvalue weighted by Crippen LogP contribution is 2.08. The lowest BCUT2D eigenvalue weighted by atomic mass is 10.0. The Hall–Kier alpha value is -0.610. The monoisotopic (exact) mass is 216 g/mol. The molecule has 2 unspecified atom stereocenters. The second-order valence-corrected chi connectivity index (χ2v) is 4.09. The summed E-state index contributed by atoms with van der Waals surface area (Å²) >= 11 is 0. The number of methoxy groups -OCH3 is 1. The van der Waals surface area contributed by atoms with Crippen LogP contribution in [0.25, 0.3) is 0 Å². The molecule has 0 radical (unpaired) electrons. The largest absolute Gasteiger partial charge is 0.383 e. The molecule has 0 aromatic carbocycles. The highest BCUT2D eigenvalue weighted by atomic mass is 16.5. The molecular formula is C11H24N2O2. The first kappa shape index (κ1) is 14.4. The predicted octanol–water partition coefficient (Wildman–Crippen LogP) is 0.903. The van der Waals surface area contributed by atoms with Crippen LogP contribution in [0.3, 0.4) is 0 Å². The molecule has 1 amide bonds. The van der Waals surface area contributed by atoms with Gasteiger partial charge in [-0.2, -0.15) is 0 Å². The molecule has 0 aliphatic carbocycles. The summed E-state index contributed by atoms with van der Waals surface area (Å²) in [4.78, 5) is 11.5. The van der Waals surface area contributed by atoms with Gasteiger partial charge in [-0.3, -0.25) is 4.79 Å². The third-order valence-corrected chi connectivity index (χ3v) is 2.35. The van der Waals surface area contributed by atoms with Crippen LogP contribution in [0.1, 0.15) is 33.1 Å². The molecule has 90 valence electrons. The van der Waals surface area contributed by atoms with Crippen LogP contribution >= 0.6 is 0 Å². The van der Waals surface area contributed by atoms with Gasteiger partial charge in [0.15, 0.2) is 0 Å². The third kappa shape index (κ3) is 8.39. The Morgan fingerprint density at radius 3 is 2.60 bits per heavy atom. The smallest absolute Gasteiger partial charge is 0.222 e. The average Bonchev–Trinajstić information content (AvgIpc) is 2.17. The van der Waals surface area contributed by atoms with Crippen LogP contribution in [0, 0.1) is 5.92 Å². The highest BCUT2D eigenvalue weighted by molar-refractivity contribution is 5.78. The molecule has 0 aliphatic heterocycles. The number of amides is 1. The number of hydrogen-bond donors (Lipinski definition) is 2. The van der Waals surface area contributed by atoms with E-state index in [2.05, 4.69) is 5.32 Å². The summed E-state index contributed by atoms with van der Waals surface area (Å²) in [5, 5.41) is 2.83. The van der Waals surface area contributed by atoms with E-state index in [9.17, 15) is 4.79 Å². The summed E-state index contributed by atoms with van der Waals surface area (Å²) in [7, 11) is 1.62. The third-order valence-electron chi connectivity index (χ3n) is 2.35. The topological polar surface area (TPSA) is 64.3 Å². The Morgan fingerprint density at radius 1 is 1.40 bits per heavy atom. The fourth-order valence-electron chi connectivity index (χ4n) is 1.33. The van der Waals surface area contributed by atoms with E-state index in [4.69, 9.17) is 10.5 Å². The van der Waals surface area contributed by atoms with Gasteiger partial charge in [0.05, 0.1) is 6.61 Å².